The third-order valence-electron chi connectivity index (χ3n) is 6.29. The molecule has 6 nitrogen and oxygen atoms in total. The molecule has 3 aromatic carbocycles. The largest absolute Gasteiger partial charge is 0.352 e. The third-order valence-corrected chi connectivity index (χ3v) is 6.29. The highest BCUT2D eigenvalue weighted by Gasteiger charge is 2.26. The van der Waals surface area contributed by atoms with Gasteiger partial charge in [-0.1, -0.05) is 26.8 Å². The molecule has 0 heterocycles. The highest BCUT2D eigenvalue weighted by atomic mass is 19.2. The maximum Gasteiger partial charge on any atom is 0.256 e. The number of rotatable bonds is 7. The van der Waals surface area contributed by atoms with Crippen LogP contribution in [0.5, 0.6) is 0 Å². The van der Waals surface area contributed by atoms with Crippen LogP contribution in [0, 0.1) is 29.8 Å². The molecule has 3 aromatic rings. The van der Waals surface area contributed by atoms with E-state index in [-0.39, 0.29) is 50.5 Å². The van der Waals surface area contributed by atoms with Crippen LogP contribution in [0.3, 0.4) is 0 Å². The van der Waals surface area contributed by atoms with Crippen molar-refractivity contribution in [2.45, 2.75) is 46.6 Å². The zero-order chi connectivity index (χ0) is 28.5. The van der Waals surface area contributed by atoms with Crippen LogP contribution in [0.25, 0.3) is 11.1 Å². The van der Waals surface area contributed by atoms with E-state index in [1.807, 2.05) is 20.8 Å². The number of hydrogen-bond donors (Lipinski definition) is 3. The van der Waals surface area contributed by atoms with Gasteiger partial charge in [-0.15, -0.1) is 0 Å². The van der Waals surface area contributed by atoms with E-state index in [9.17, 15) is 27.6 Å². The Balaban J connectivity index is 1.77. The van der Waals surface area contributed by atoms with Crippen LogP contribution < -0.4 is 16.0 Å². The summed E-state index contributed by atoms with van der Waals surface area (Å²) >= 11 is 0. The van der Waals surface area contributed by atoms with Gasteiger partial charge in [-0.25, -0.2) is 13.2 Å². The van der Waals surface area contributed by atoms with Gasteiger partial charge in [-0.2, -0.15) is 0 Å². The minimum Gasteiger partial charge on any atom is -0.352 e. The Labute approximate surface area is 225 Å². The molecule has 3 amide bonds. The Morgan fingerprint density at radius 1 is 0.795 bits per heavy atom. The predicted octanol–water partition coefficient (Wildman–Crippen LogP) is 6.00. The number of benzene rings is 3. The van der Waals surface area contributed by atoms with Crippen molar-refractivity contribution in [3.8, 4) is 11.1 Å². The van der Waals surface area contributed by atoms with E-state index in [4.69, 9.17) is 0 Å². The summed E-state index contributed by atoms with van der Waals surface area (Å²) in [5.41, 5.74) is 0.827. The van der Waals surface area contributed by atoms with E-state index in [1.165, 1.54) is 37.3 Å². The lowest BCUT2D eigenvalue weighted by Crippen LogP contribution is -2.32. The molecule has 1 fully saturated rings. The van der Waals surface area contributed by atoms with Crippen LogP contribution in [0.1, 0.15) is 70.3 Å². The number of nitrogens with one attached hydrogen (secondary N) is 3. The SMILES string of the molecule is Cc1c(F)cc(C(=O)NC2CC2)cc1-c1ccc(C(=O)NCC(C)(C)C)cc1C(=O)Nc1ccc(F)c(F)c1. The maximum atomic E-state index is 15.0. The molecule has 1 aliphatic carbocycles. The van der Waals surface area contributed by atoms with Crippen LogP contribution in [0.4, 0.5) is 18.9 Å². The van der Waals surface area contributed by atoms with Crippen LogP contribution >= 0.6 is 0 Å². The predicted molar refractivity (Wildman–Crippen MR) is 143 cm³/mol. The second-order valence-corrected chi connectivity index (χ2v) is 11.0. The first-order chi connectivity index (χ1) is 18.3. The number of hydrogen-bond acceptors (Lipinski definition) is 3. The maximum absolute atomic E-state index is 15.0. The number of halogens is 3. The topological polar surface area (TPSA) is 87.3 Å². The fourth-order valence-electron chi connectivity index (χ4n) is 3.91. The van der Waals surface area contributed by atoms with Gasteiger partial charge in [0, 0.05) is 41.0 Å². The second kappa shape index (κ2) is 10.9. The highest BCUT2D eigenvalue weighted by Crippen LogP contribution is 2.32. The summed E-state index contributed by atoms with van der Waals surface area (Å²) in [5.74, 6) is -4.42. The summed E-state index contributed by atoms with van der Waals surface area (Å²) in [6.45, 7) is 7.78. The van der Waals surface area contributed by atoms with Gasteiger partial charge < -0.3 is 16.0 Å². The van der Waals surface area contributed by atoms with Crippen molar-refractivity contribution in [1.29, 1.82) is 0 Å². The minimum atomic E-state index is -1.14. The van der Waals surface area contributed by atoms with Gasteiger partial charge in [-0.3, -0.25) is 14.4 Å². The zero-order valence-electron chi connectivity index (χ0n) is 22.2. The Hall–Kier alpha value is -4.14. The minimum absolute atomic E-state index is 0.00657. The Morgan fingerprint density at radius 2 is 1.51 bits per heavy atom. The van der Waals surface area contributed by atoms with E-state index < -0.39 is 35.2 Å². The van der Waals surface area contributed by atoms with Crippen molar-refractivity contribution < 1.29 is 27.6 Å². The van der Waals surface area contributed by atoms with E-state index in [0.717, 1.165) is 31.0 Å². The molecule has 39 heavy (non-hydrogen) atoms. The van der Waals surface area contributed by atoms with Crippen molar-refractivity contribution in [3.05, 3.63) is 88.2 Å². The van der Waals surface area contributed by atoms with E-state index in [1.54, 1.807) is 0 Å². The molecule has 4 rings (SSSR count). The number of carbonyl (C=O) groups excluding carboxylic acids is 3. The smallest absolute Gasteiger partial charge is 0.256 e. The van der Waals surface area contributed by atoms with Gasteiger partial charge in [0.1, 0.15) is 5.82 Å². The highest BCUT2D eigenvalue weighted by molar-refractivity contribution is 6.11. The first kappa shape index (κ1) is 27.9. The molecule has 0 bridgehead atoms. The zero-order valence-corrected chi connectivity index (χ0v) is 22.2. The Bertz CT molecular complexity index is 1460. The molecular weight excluding hydrogens is 507 g/mol. The normalized spacial score (nSPS) is 13.1. The van der Waals surface area contributed by atoms with Gasteiger partial charge in [0.25, 0.3) is 17.7 Å². The Morgan fingerprint density at radius 3 is 2.15 bits per heavy atom. The van der Waals surface area contributed by atoms with E-state index in [2.05, 4.69) is 16.0 Å². The molecule has 204 valence electrons. The fourth-order valence-corrected chi connectivity index (χ4v) is 3.91. The van der Waals surface area contributed by atoms with E-state index in [0.29, 0.717) is 6.54 Å². The van der Waals surface area contributed by atoms with Gasteiger partial charge in [0.15, 0.2) is 11.6 Å². The molecule has 1 saturated carbocycles. The van der Waals surface area contributed by atoms with Crippen LogP contribution in [0.2, 0.25) is 0 Å². The molecule has 9 heteroatoms. The average molecular weight is 538 g/mol. The summed E-state index contributed by atoms with van der Waals surface area (Å²) in [5, 5.41) is 8.16. The third kappa shape index (κ3) is 6.85. The first-order valence-corrected chi connectivity index (χ1v) is 12.6. The van der Waals surface area contributed by atoms with Crippen molar-refractivity contribution >= 4 is 23.4 Å². The van der Waals surface area contributed by atoms with Crippen molar-refractivity contribution in [1.82, 2.24) is 10.6 Å². The van der Waals surface area contributed by atoms with Crippen LogP contribution in [-0.4, -0.2) is 30.3 Å². The standard InChI is InChI=1S/C30H30F3N3O3/c1-16-22(12-18(13-25(16)32)28(38)35-19-6-7-19)21-9-5-17(27(37)34-15-30(2,3)4)11-23(21)29(39)36-20-8-10-24(31)26(33)14-20/h5,8-14,19H,6-7,15H2,1-4H3,(H,34,37)(H,35,38)(H,36,39). The molecule has 0 unspecified atom stereocenters. The fraction of sp³-hybridized carbons (Fsp3) is 0.300. The van der Waals surface area contributed by atoms with Gasteiger partial charge in [-0.05, 0) is 78.3 Å². The quantitative estimate of drug-likeness (QED) is 0.346. The lowest BCUT2D eigenvalue weighted by Gasteiger charge is -2.19. The van der Waals surface area contributed by atoms with Crippen LogP contribution in [-0.2, 0) is 0 Å². The number of carbonyl (C=O) groups is 3. The summed E-state index contributed by atoms with van der Waals surface area (Å²) in [7, 11) is 0. The molecule has 0 spiro atoms. The Kier molecular flexibility index (Phi) is 7.81. The lowest BCUT2D eigenvalue weighted by atomic mass is 9.91. The molecule has 0 saturated heterocycles. The summed E-state index contributed by atoms with van der Waals surface area (Å²) in [4.78, 5) is 39.0. The molecule has 0 radical (unpaired) electrons. The lowest BCUT2D eigenvalue weighted by molar-refractivity contribution is 0.0935. The van der Waals surface area contributed by atoms with Gasteiger partial charge >= 0.3 is 0 Å². The van der Waals surface area contributed by atoms with Crippen molar-refractivity contribution in [3.63, 3.8) is 0 Å². The molecule has 3 N–H and O–H groups in total. The first-order valence-electron chi connectivity index (χ1n) is 12.6. The van der Waals surface area contributed by atoms with Crippen molar-refractivity contribution in [2.24, 2.45) is 5.41 Å². The summed E-state index contributed by atoms with van der Waals surface area (Å²) < 4.78 is 42.2. The molecular formula is C30H30F3N3O3. The average Bonchev–Trinajstić information content (AvgIpc) is 3.69. The van der Waals surface area contributed by atoms with Gasteiger partial charge in [0.05, 0.1) is 0 Å². The number of anilines is 1. The van der Waals surface area contributed by atoms with E-state index >= 15 is 0 Å². The molecule has 0 aliphatic heterocycles. The van der Waals surface area contributed by atoms with Crippen LogP contribution in [0.15, 0.2) is 48.5 Å². The summed E-state index contributed by atoms with van der Waals surface area (Å²) in [6, 6.07) is 10.00. The molecule has 0 atom stereocenters. The van der Waals surface area contributed by atoms with Gasteiger partial charge in [0.2, 0.25) is 0 Å². The number of amides is 3. The second-order valence-electron chi connectivity index (χ2n) is 11.0. The molecule has 0 aromatic heterocycles. The molecule has 1 aliphatic rings. The monoisotopic (exact) mass is 537 g/mol. The summed E-state index contributed by atoms with van der Waals surface area (Å²) in [6.07, 6.45) is 1.72. The van der Waals surface area contributed by atoms with Crippen molar-refractivity contribution in [2.75, 3.05) is 11.9 Å².